The van der Waals surface area contributed by atoms with Gasteiger partial charge in [0.25, 0.3) is 0 Å². The zero-order chi connectivity index (χ0) is 21.8. The maximum Gasteiger partial charge on any atom is 0.191 e. The lowest BCUT2D eigenvalue weighted by Crippen LogP contribution is -2.47. The third kappa shape index (κ3) is 8.90. The van der Waals surface area contributed by atoms with Crippen LogP contribution in [0.5, 0.6) is 5.75 Å². The third-order valence-electron chi connectivity index (χ3n) is 5.30. The average molecular weight is 420 g/mol. The lowest BCUT2D eigenvalue weighted by Gasteiger charge is -2.34. The van der Waals surface area contributed by atoms with Crippen molar-refractivity contribution >= 4 is 5.96 Å². The Kier molecular flexibility index (Phi) is 11.0. The number of piperazine rings is 1. The molecule has 0 amide bonds. The molecular weight excluding hydrogens is 378 g/mol. The summed E-state index contributed by atoms with van der Waals surface area (Å²) in [6, 6.07) is 6.27. The number of rotatable bonds is 11. The van der Waals surface area contributed by atoms with Crippen LogP contribution in [0.15, 0.2) is 23.2 Å². The molecule has 0 bridgehead atoms. The summed E-state index contributed by atoms with van der Waals surface area (Å²) < 4.78 is 11.0. The number of methoxy groups -OCH3 is 1. The van der Waals surface area contributed by atoms with Crippen molar-refractivity contribution in [2.24, 2.45) is 10.9 Å². The minimum atomic E-state index is 0.540. The second-order valence-electron chi connectivity index (χ2n) is 8.24. The summed E-state index contributed by atoms with van der Waals surface area (Å²) >= 11 is 0. The van der Waals surface area contributed by atoms with Crippen LogP contribution >= 0.6 is 0 Å². The molecule has 0 radical (unpaired) electrons. The van der Waals surface area contributed by atoms with Gasteiger partial charge in [0.15, 0.2) is 5.96 Å². The molecule has 0 saturated carbocycles. The Morgan fingerprint density at radius 3 is 2.63 bits per heavy atom. The lowest BCUT2D eigenvalue weighted by atomic mass is 10.1. The quantitative estimate of drug-likeness (QED) is 0.325. The Balaban J connectivity index is 1.89. The van der Waals surface area contributed by atoms with Crippen LogP contribution in [0, 0.1) is 12.8 Å². The molecule has 1 fully saturated rings. The molecule has 1 aliphatic rings. The monoisotopic (exact) mass is 419 g/mol. The fourth-order valence-corrected chi connectivity index (χ4v) is 3.47. The van der Waals surface area contributed by atoms with Crippen molar-refractivity contribution in [2.45, 2.75) is 27.3 Å². The van der Waals surface area contributed by atoms with Crippen LogP contribution in [-0.4, -0.2) is 88.9 Å². The van der Waals surface area contributed by atoms with Gasteiger partial charge in [-0.05, 0) is 38.4 Å². The first kappa shape index (κ1) is 24.4. The van der Waals surface area contributed by atoms with Gasteiger partial charge >= 0.3 is 0 Å². The molecule has 7 heteroatoms. The number of aliphatic imine (C=N–C) groups is 1. The molecule has 0 spiro atoms. The van der Waals surface area contributed by atoms with E-state index in [2.05, 4.69) is 66.5 Å². The highest BCUT2D eigenvalue weighted by Gasteiger charge is 2.16. The normalized spacial score (nSPS) is 17.0. The second kappa shape index (κ2) is 13.5. The molecule has 1 atom stereocenters. The highest BCUT2D eigenvalue weighted by atomic mass is 16.5. The SMILES string of the molecule is CCNC(=NCc1ccc(C)cc1OCCOC)NCC(C)CN1CCN(C)CC1. The largest absolute Gasteiger partial charge is 0.491 e. The molecule has 0 aromatic heterocycles. The number of aryl methyl sites for hydroxylation is 1. The summed E-state index contributed by atoms with van der Waals surface area (Å²) in [5, 5.41) is 6.87. The van der Waals surface area contributed by atoms with Gasteiger partial charge in [-0.25, -0.2) is 4.99 Å². The van der Waals surface area contributed by atoms with Crippen molar-refractivity contribution in [1.29, 1.82) is 0 Å². The van der Waals surface area contributed by atoms with E-state index in [1.807, 2.05) is 0 Å². The zero-order valence-corrected chi connectivity index (χ0v) is 19.5. The minimum Gasteiger partial charge on any atom is -0.491 e. The Bertz CT molecular complexity index is 644. The molecule has 7 nitrogen and oxygen atoms in total. The van der Waals surface area contributed by atoms with E-state index >= 15 is 0 Å². The maximum atomic E-state index is 5.90. The van der Waals surface area contributed by atoms with Crippen LogP contribution in [0.4, 0.5) is 0 Å². The number of hydrogen-bond acceptors (Lipinski definition) is 5. The van der Waals surface area contributed by atoms with Crippen LogP contribution in [-0.2, 0) is 11.3 Å². The van der Waals surface area contributed by atoms with Crippen LogP contribution in [0.1, 0.15) is 25.0 Å². The molecule has 1 unspecified atom stereocenters. The number of guanidine groups is 1. The molecular formula is C23H41N5O2. The Morgan fingerprint density at radius 2 is 1.93 bits per heavy atom. The lowest BCUT2D eigenvalue weighted by molar-refractivity contribution is 0.139. The molecule has 2 N–H and O–H groups in total. The van der Waals surface area contributed by atoms with Crippen LogP contribution in [0.2, 0.25) is 0 Å². The van der Waals surface area contributed by atoms with Crippen LogP contribution in [0.3, 0.4) is 0 Å². The molecule has 2 rings (SSSR count). The summed E-state index contributed by atoms with van der Waals surface area (Å²) in [6.07, 6.45) is 0. The average Bonchev–Trinajstić information content (AvgIpc) is 2.73. The van der Waals surface area contributed by atoms with E-state index in [-0.39, 0.29) is 0 Å². The van der Waals surface area contributed by atoms with E-state index in [1.54, 1.807) is 7.11 Å². The van der Waals surface area contributed by atoms with Gasteiger partial charge in [-0.3, -0.25) is 0 Å². The molecule has 0 aliphatic carbocycles. The van der Waals surface area contributed by atoms with E-state index in [0.29, 0.717) is 25.7 Å². The van der Waals surface area contributed by atoms with E-state index in [4.69, 9.17) is 14.5 Å². The van der Waals surface area contributed by atoms with E-state index in [1.165, 1.54) is 5.56 Å². The number of likely N-dealkylation sites (N-methyl/N-ethyl adjacent to an activating group) is 1. The molecule has 1 aromatic carbocycles. The highest BCUT2D eigenvalue weighted by Crippen LogP contribution is 2.21. The number of nitrogens with zero attached hydrogens (tertiary/aromatic N) is 3. The summed E-state index contributed by atoms with van der Waals surface area (Å²) in [6.45, 7) is 15.7. The topological polar surface area (TPSA) is 61.4 Å². The first-order valence-corrected chi connectivity index (χ1v) is 11.2. The van der Waals surface area contributed by atoms with Crippen molar-refractivity contribution < 1.29 is 9.47 Å². The van der Waals surface area contributed by atoms with Gasteiger partial charge in [-0.1, -0.05) is 19.1 Å². The summed E-state index contributed by atoms with van der Waals surface area (Å²) in [5.74, 6) is 2.30. The third-order valence-corrected chi connectivity index (χ3v) is 5.30. The van der Waals surface area contributed by atoms with Crippen molar-refractivity contribution in [2.75, 3.05) is 73.2 Å². The summed E-state index contributed by atoms with van der Waals surface area (Å²) in [7, 11) is 3.88. The molecule has 1 heterocycles. The molecule has 1 aromatic rings. The fraction of sp³-hybridized carbons (Fsp3) is 0.696. The van der Waals surface area contributed by atoms with E-state index < -0.39 is 0 Å². The van der Waals surface area contributed by atoms with Gasteiger partial charge in [0.05, 0.1) is 13.2 Å². The number of hydrogen-bond donors (Lipinski definition) is 2. The van der Waals surface area contributed by atoms with Gasteiger partial charge in [-0.2, -0.15) is 0 Å². The van der Waals surface area contributed by atoms with Crippen molar-refractivity contribution in [3.63, 3.8) is 0 Å². The number of benzene rings is 1. The number of ether oxygens (including phenoxy) is 2. The van der Waals surface area contributed by atoms with Gasteiger partial charge in [-0.15, -0.1) is 0 Å². The predicted octanol–water partition coefficient (Wildman–Crippen LogP) is 1.96. The van der Waals surface area contributed by atoms with E-state index in [0.717, 1.165) is 63.1 Å². The molecule has 170 valence electrons. The van der Waals surface area contributed by atoms with Crippen molar-refractivity contribution in [1.82, 2.24) is 20.4 Å². The first-order chi connectivity index (χ1) is 14.5. The second-order valence-corrected chi connectivity index (χ2v) is 8.24. The predicted molar refractivity (Wildman–Crippen MR) is 124 cm³/mol. The van der Waals surface area contributed by atoms with Crippen LogP contribution in [0.25, 0.3) is 0 Å². The van der Waals surface area contributed by atoms with Gasteiger partial charge in [0.2, 0.25) is 0 Å². The van der Waals surface area contributed by atoms with Gasteiger partial charge in [0, 0.05) is 58.5 Å². The van der Waals surface area contributed by atoms with Crippen molar-refractivity contribution in [3.8, 4) is 5.75 Å². The van der Waals surface area contributed by atoms with Crippen LogP contribution < -0.4 is 15.4 Å². The first-order valence-electron chi connectivity index (χ1n) is 11.2. The minimum absolute atomic E-state index is 0.540. The highest BCUT2D eigenvalue weighted by molar-refractivity contribution is 5.79. The Labute approximate surface area is 182 Å². The smallest absolute Gasteiger partial charge is 0.191 e. The molecule has 30 heavy (non-hydrogen) atoms. The zero-order valence-electron chi connectivity index (χ0n) is 19.5. The number of nitrogens with one attached hydrogen (secondary N) is 2. The summed E-state index contributed by atoms with van der Waals surface area (Å²) in [4.78, 5) is 9.75. The van der Waals surface area contributed by atoms with E-state index in [9.17, 15) is 0 Å². The van der Waals surface area contributed by atoms with Gasteiger partial charge in [0.1, 0.15) is 12.4 Å². The maximum absolute atomic E-state index is 5.90. The van der Waals surface area contributed by atoms with Gasteiger partial charge < -0.3 is 29.9 Å². The molecule has 1 saturated heterocycles. The Morgan fingerprint density at radius 1 is 1.17 bits per heavy atom. The summed E-state index contributed by atoms with van der Waals surface area (Å²) in [5.41, 5.74) is 2.26. The van der Waals surface area contributed by atoms with Crippen molar-refractivity contribution in [3.05, 3.63) is 29.3 Å². The standard InChI is InChI=1S/C23H41N5O2/c1-6-24-23(25-16-20(3)18-28-11-9-27(4)10-12-28)26-17-21-8-7-19(2)15-22(21)30-14-13-29-5/h7-8,15,20H,6,9-14,16-18H2,1-5H3,(H2,24,25,26). The Hall–Kier alpha value is -1.83. The fourth-order valence-electron chi connectivity index (χ4n) is 3.47. The molecule has 1 aliphatic heterocycles.